The van der Waals surface area contributed by atoms with Crippen molar-refractivity contribution in [1.29, 1.82) is 0 Å². The maximum absolute atomic E-state index is 6.18. The second-order valence-corrected chi connectivity index (χ2v) is 5.25. The van der Waals surface area contributed by atoms with Gasteiger partial charge in [-0.3, -0.25) is 0 Å². The van der Waals surface area contributed by atoms with Crippen LogP contribution in [0.15, 0.2) is 29.6 Å². The fraction of sp³-hybridized carbons (Fsp3) is 0.357. The summed E-state index contributed by atoms with van der Waals surface area (Å²) in [4.78, 5) is 4.42. The molecule has 0 radical (unpaired) electrons. The summed E-state index contributed by atoms with van der Waals surface area (Å²) in [5.74, 6) is 0.891. The molecule has 1 atom stereocenters. The normalized spacial score (nSPS) is 12.4. The maximum Gasteiger partial charge on any atom is 0.119 e. The van der Waals surface area contributed by atoms with Crippen LogP contribution in [0.5, 0.6) is 5.75 Å². The standard InChI is InChI=1S/C14H18N2OS/c1-3-8-17-12-6-4-11(5-7-12)14(15)13-9-18-10(2)16-13/h4-7,9,14H,3,8,15H2,1-2H3. The SMILES string of the molecule is CCCOc1ccc(C(N)c2csc(C)n2)cc1. The summed E-state index contributed by atoms with van der Waals surface area (Å²) in [5, 5.41) is 3.06. The number of ether oxygens (including phenoxy) is 1. The predicted octanol–water partition coefficient (Wildman–Crippen LogP) is 3.29. The molecule has 2 N–H and O–H groups in total. The highest BCUT2D eigenvalue weighted by Crippen LogP contribution is 2.23. The van der Waals surface area contributed by atoms with Gasteiger partial charge in [-0.1, -0.05) is 19.1 Å². The Bertz CT molecular complexity index is 493. The lowest BCUT2D eigenvalue weighted by Gasteiger charge is -2.10. The lowest BCUT2D eigenvalue weighted by Crippen LogP contribution is -2.12. The molecule has 0 saturated heterocycles. The van der Waals surface area contributed by atoms with Crippen LogP contribution in [-0.2, 0) is 0 Å². The van der Waals surface area contributed by atoms with Gasteiger partial charge >= 0.3 is 0 Å². The van der Waals surface area contributed by atoms with Crippen LogP contribution in [0.25, 0.3) is 0 Å². The maximum atomic E-state index is 6.18. The van der Waals surface area contributed by atoms with Crippen molar-refractivity contribution in [1.82, 2.24) is 4.98 Å². The molecule has 4 heteroatoms. The van der Waals surface area contributed by atoms with Crippen LogP contribution in [0.1, 0.15) is 35.7 Å². The largest absolute Gasteiger partial charge is 0.494 e. The second kappa shape index (κ2) is 5.98. The smallest absolute Gasteiger partial charge is 0.119 e. The summed E-state index contributed by atoms with van der Waals surface area (Å²) in [6, 6.07) is 7.78. The van der Waals surface area contributed by atoms with E-state index >= 15 is 0 Å². The first-order chi connectivity index (χ1) is 8.70. The lowest BCUT2D eigenvalue weighted by molar-refractivity contribution is 0.317. The first-order valence-electron chi connectivity index (χ1n) is 6.11. The van der Waals surface area contributed by atoms with Crippen molar-refractivity contribution in [2.45, 2.75) is 26.3 Å². The van der Waals surface area contributed by atoms with Crippen LogP contribution in [0, 0.1) is 6.92 Å². The highest BCUT2D eigenvalue weighted by Gasteiger charge is 2.11. The van der Waals surface area contributed by atoms with Crippen molar-refractivity contribution in [2.75, 3.05) is 6.61 Å². The van der Waals surface area contributed by atoms with Gasteiger partial charge in [0.05, 0.1) is 23.4 Å². The molecule has 0 aliphatic carbocycles. The summed E-state index contributed by atoms with van der Waals surface area (Å²) in [5.41, 5.74) is 8.17. The van der Waals surface area contributed by atoms with Gasteiger partial charge in [-0.25, -0.2) is 4.98 Å². The van der Waals surface area contributed by atoms with Crippen molar-refractivity contribution in [3.8, 4) is 5.75 Å². The topological polar surface area (TPSA) is 48.1 Å². The van der Waals surface area contributed by atoms with Crippen molar-refractivity contribution in [3.05, 3.63) is 45.9 Å². The Kier molecular flexibility index (Phi) is 4.33. The van der Waals surface area contributed by atoms with E-state index in [-0.39, 0.29) is 6.04 Å². The van der Waals surface area contributed by atoms with Gasteiger partial charge in [0.2, 0.25) is 0 Å². The molecule has 0 saturated carbocycles. The first-order valence-corrected chi connectivity index (χ1v) is 6.99. The number of rotatable bonds is 5. The molecular formula is C14H18N2OS. The van der Waals surface area contributed by atoms with Crippen LogP contribution in [0.4, 0.5) is 0 Å². The molecule has 0 aliphatic rings. The summed E-state index contributed by atoms with van der Waals surface area (Å²) in [7, 11) is 0. The van der Waals surface area contributed by atoms with Gasteiger partial charge in [0.25, 0.3) is 0 Å². The van der Waals surface area contributed by atoms with E-state index in [1.54, 1.807) is 11.3 Å². The Labute approximate surface area is 112 Å². The minimum absolute atomic E-state index is 0.157. The van der Waals surface area contributed by atoms with Crippen LogP contribution >= 0.6 is 11.3 Å². The zero-order valence-electron chi connectivity index (χ0n) is 10.7. The second-order valence-electron chi connectivity index (χ2n) is 4.19. The van der Waals surface area contributed by atoms with Crippen LogP contribution in [0.2, 0.25) is 0 Å². The molecule has 2 rings (SSSR count). The van der Waals surface area contributed by atoms with Crippen molar-refractivity contribution in [3.63, 3.8) is 0 Å². The van der Waals surface area contributed by atoms with Gasteiger partial charge in [-0.05, 0) is 31.0 Å². The molecular weight excluding hydrogens is 244 g/mol. The van der Waals surface area contributed by atoms with E-state index in [0.717, 1.165) is 35.0 Å². The monoisotopic (exact) mass is 262 g/mol. The quantitative estimate of drug-likeness (QED) is 0.899. The number of thiazole rings is 1. The third-order valence-corrected chi connectivity index (χ3v) is 3.46. The molecule has 18 heavy (non-hydrogen) atoms. The molecule has 1 aromatic carbocycles. The summed E-state index contributed by atoms with van der Waals surface area (Å²) < 4.78 is 5.55. The van der Waals surface area contributed by atoms with Gasteiger partial charge in [0.15, 0.2) is 0 Å². The number of nitrogens with zero attached hydrogens (tertiary/aromatic N) is 1. The van der Waals surface area contributed by atoms with E-state index in [0.29, 0.717) is 0 Å². The van der Waals surface area contributed by atoms with Gasteiger partial charge in [-0.15, -0.1) is 11.3 Å². The van der Waals surface area contributed by atoms with Crippen molar-refractivity contribution < 1.29 is 4.74 Å². The van der Waals surface area contributed by atoms with E-state index in [9.17, 15) is 0 Å². The number of aromatic nitrogens is 1. The van der Waals surface area contributed by atoms with Crippen LogP contribution < -0.4 is 10.5 Å². The Morgan fingerprint density at radius 1 is 1.33 bits per heavy atom. The third-order valence-electron chi connectivity index (χ3n) is 2.67. The molecule has 0 amide bonds. The molecule has 2 aromatic rings. The summed E-state index contributed by atoms with van der Waals surface area (Å²) in [6.07, 6.45) is 1.01. The van der Waals surface area contributed by atoms with E-state index in [4.69, 9.17) is 10.5 Å². The average molecular weight is 262 g/mol. The number of hydrogen-bond acceptors (Lipinski definition) is 4. The van der Waals surface area contributed by atoms with Crippen LogP contribution in [0.3, 0.4) is 0 Å². The van der Waals surface area contributed by atoms with Crippen molar-refractivity contribution in [2.24, 2.45) is 5.73 Å². The zero-order valence-corrected chi connectivity index (χ0v) is 11.5. The van der Waals surface area contributed by atoms with Crippen molar-refractivity contribution >= 4 is 11.3 Å². The van der Waals surface area contributed by atoms with Gasteiger partial charge in [0, 0.05) is 5.38 Å². The predicted molar refractivity (Wildman–Crippen MR) is 75.1 cm³/mol. The first kappa shape index (κ1) is 13.1. The van der Waals surface area contributed by atoms with Gasteiger partial charge < -0.3 is 10.5 Å². The van der Waals surface area contributed by atoms with E-state index < -0.39 is 0 Å². The Hall–Kier alpha value is -1.39. The Morgan fingerprint density at radius 3 is 2.61 bits per heavy atom. The Balaban J connectivity index is 2.09. The van der Waals surface area contributed by atoms with Gasteiger partial charge in [-0.2, -0.15) is 0 Å². The molecule has 3 nitrogen and oxygen atoms in total. The highest BCUT2D eigenvalue weighted by molar-refractivity contribution is 7.09. The van der Waals surface area contributed by atoms with Crippen LogP contribution in [-0.4, -0.2) is 11.6 Å². The van der Waals surface area contributed by atoms with E-state index in [1.165, 1.54) is 0 Å². The number of aryl methyl sites for hydroxylation is 1. The number of nitrogens with two attached hydrogens (primary N) is 1. The molecule has 96 valence electrons. The average Bonchev–Trinajstić information content (AvgIpc) is 2.83. The summed E-state index contributed by atoms with van der Waals surface area (Å²) in [6.45, 7) is 4.83. The number of benzene rings is 1. The van der Waals surface area contributed by atoms with E-state index in [2.05, 4.69) is 11.9 Å². The Morgan fingerprint density at radius 2 is 2.06 bits per heavy atom. The molecule has 0 spiro atoms. The minimum Gasteiger partial charge on any atom is -0.494 e. The fourth-order valence-corrected chi connectivity index (χ4v) is 2.33. The molecule has 1 unspecified atom stereocenters. The van der Waals surface area contributed by atoms with Gasteiger partial charge in [0.1, 0.15) is 5.75 Å². The summed E-state index contributed by atoms with van der Waals surface area (Å²) >= 11 is 1.63. The molecule has 0 bridgehead atoms. The highest BCUT2D eigenvalue weighted by atomic mass is 32.1. The lowest BCUT2D eigenvalue weighted by atomic mass is 10.1. The molecule has 1 heterocycles. The number of hydrogen-bond donors (Lipinski definition) is 1. The zero-order chi connectivity index (χ0) is 13.0. The molecule has 0 aliphatic heterocycles. The molecule has 1 aromatic heterocycles. The third kappa shape index (κ3) is 3.09. The van der Waals surface area contributed by atoms with E-state index in [1.807, 2.05) is 36.6 Å². The fourth-order valence-electron chi connectivity index (χ4n) is 1.69. The molecule has 0 fully saturated rings. The minimum atomic E-state index is -0.157.